The molecule has 2 rings (SSSR count). The van der Waals surface area contributed by atoms with Gasteiger partial charge < -0.3 is 4.74 Å². The summed E-state index contributed by atoms with van der Waals surface area (Å²) in [6, 6.07) is 4.94. The summed E-state index contributed by atoms with van der Waals surface area (Å²) in [5.74, 6) is 0.368. The van der Waals surface area contributed by atoms with Crippen LogP contribution in [0.4, 0.5) is 5.69 Å². The molecule has 1 aliphatic rings. The van der Waals surface area contributed by atoms with E-state index in [0.29, 0.717) is 17.7 Å². The van der Waals surface area contributed by atoms with E-state index >= 15 is 0 Å². The van der Waals surface area contributed by atoms with E-state index in [1.165, 1.54) is 6.07 Å². The number of nitro benzene ring substituents is 1. The highest BCUT2D eigenvalue weighted by atomic mass is 16.6. The van der Waals surface area contributed by atoms with Crippen molar-refractivity contribution in [3.63, 3.8) is 0 Å². The number of para-hydroxylation sites is 1. The molecule has 1 heterocycles. The van der Waals surface area contributed by atoms with Gasteiger partial charge >= 0.3 is 5.69 Å². The van der Waals surface area contributed by atoms with Crippen molar-refractivity contribution in [3.05, 3.63) is 40.3 Å². The second-order valence-corrected chi connectivity index (χ2v) is 4.26. The molecule has 4 nitrogen and oxygen atoms in total. The summed E-state index contributed by atoms with van der Waals surface area (Å²) in [4.78, 5) is 10.6. The van der Waals surface area contributed by atoms with Crippen LogP contribution in [-0.4, -0.2) is 10.5 Å². The molecular formula is C13H15NO3. The minimum absolute atomic E-state index is 0.0287. The molecule has 0 bridgehead atoms. The van der Waals surface area contributed by atoms with Crippen LogP contribution in [0.5, 0.6) is 5.75 Å². The average molecular weight is 233 g/mol. The normalized spacial score (nSPS) is 17.1. The maximum Gasteiger partial charge on any atom is 0.311 e. The first-order chi connectivity index (χ1) is 8.12. The summed E-state index contributed by atoms with van der Waals surface area (Å²) >= 11 is 0. The first-order valence-corrected chi connectivity index (χ1v) is 5.82. The van der Waals surface area contributed by atoms with Gasteiger partial charge in [0, 0.05) is 18.1 Å². The van der Waals surface area contributed by atoms with E-state index < -0.39 is 4.92 Å². The quantitative estimate of drug-likeness (QED) is 0.594. The van der Waals surface area contributed by atoms with Crippen molar-refractivity contribution in [2.24, 2.45) is 0 Å². The predicted octanol–water partition coefficient (Wildman–Crippen LogP) is 3.37. The van der Waals surface area contributed by atoms with Crippen LogP contribution in [0.15, 0.2) is 18.2 Å². The Bertz CT molecular complexity index is 438. The molecule has 0 aliphatic carbocycles. The molecule has 4 heteroatoms. The van der Waals surface area contributed by atoms with E-state index in [4.69, 9.17) is 4.74 Å². The van der Waals surface area contributed by atoms with E-state index in [2.05, 4.69) is 6.42 Å². The van der Waals surface area contributed by atoms with Crippen molar-refractivity contribution in [1.82, 2.24) is 0 Å². The lowest BCUT2D eigenvalue weighted by Gasteiger charge is -2.36. The molecule has 0 saturated heterocycles. The van der Waals surface area contributed by atoms with Crippen LogP contribution in [0.3, 0.4) is 0 Å². The molecule has 0 fully saturated rings. The van der Waals surface area contributed by atoms with Crippen LogP contribution in [-0.2, 0) is 0 Å². The van der Waals surface area contributed by atoms with Gasteiger partial charge in [0.1, 0.15) is 5.60 Å². The number of nitrogens with zero attached hydrogens (tertiary/aromatic N) is 1. The Kier molecular flexibility index (Phi) is 3.05. The SMILES string of the molecule is CCC1(CC)C[C]c2cccc([N+](=O)[O-])c2O1. The Morgan fingerprint density at radius 2 is 2.18 bits per heavy atom. The Hall–Kier alpha value is -1.58. The van der Waals surface area contributed by atoms with Crippen molar-refractivity contribution < 1.29 is 9.66 Å². The van der Waals surface area contributed by atoms with Crippen LogP contribution in [0.2, 0.25) is 0 Å². The highest BCUT2D eigenvalue weighted by molar-refractivity contribution is 5.56. The lowest BCUT2D eigenvalue weighted by molar-refractivity contribution is -0.386. The van der Waals surface area contributed by atoms with Crippen LogP contribution in [0.25, 0.3) is 0 Å². The molecule has 0 saturated carbocycles. The van der Waals surface area contributed by atoms with Gasteiger partial charge in [-0.25, -0.2) is 0 Å². The molecule has 90 valence electrons. The van der Waals surface area contributed by atoms with Gasteiger partial charge in [0.15, 0.2) is 0 Å². The van der Waals surface area contributed by atoms with Crippen LogP contribution < -0.4 is 4.74 Å². The molecule has 0 amide bonds. The minimum Gasteiger partial charge on any atom is -0.480 e. The van der Waals surface area contributed by atoms with Gasteiger partial charge in [0.2, 0.25) is 5.75 Å². The first kappa shape index (κ1) is 11.9. The molecule has 0 unspecified atom stereocenters. The number of benzene rings is 1. The van der Waals surface area contributed by atoms with E-state index in [9.17, 15) is 10.1 Å². The zero-order chi connectivity index (χ0) is 12.5. The molecule has 0 N–H and O–H groups in total. The molecule has 1 aromatic carbocycles. The number of hydrogen-bond acceptors (Lipinski definition) is 3. The summed E-state index contributed by atoms with van der Waals surface area (Å²) in [5, 5.41) is 11.0. The summed E-state index contributed by atoms with van der Waals surface area (Å²) in [6.45, 7) is 4.07. The van der Waals surface area contributed by atoms with Gasteiger partial charge in [0.05, 0.1) is 4.92 Å². The van der Waals surface area contributed by atoms with Crippen LogP contribution >= 0.6 is 0 Å². The maximum atomic E-state index is 11.0. The van der Waals surface area contributed by atoms with E-state index in [-0.39, 0.29) is 11.3 Å². The lowest BCUT2D eigenvalue weighted by Crippen LogP contribution is -2.37. The monoisotopic (exact) mass is 233 g/mol. The fourth-order valence-electron chi connectivity index (χ4n) is 2.07. The van der Waals surface area contributed by atoms with Crippen LogP contribution in [0.1, 0.15) is 38.7 Å². The van der Waals surface area contributed by atoms with Gasteiger partial charge in [-0.15, -0.1) is 0 Å². The largest absolute Gasteiger partial charge is 0.480 e. The van der Waals surface area contributed by atoms with Crippen molar-refractivity contribution in [2.45, 2.75) is 38.7 Å². The fourth-order valence-corrected chi connectivity index (χ4v) is 2.07. The maximum absolute atomic E-state index is 11.0. The first-order valence-electron chi connectivity index (χ1n) is 5.82. The van der Waals surface area contributed by atoms with Gasteiger partial charge in [-0.2, -0.15) is 0 Å². The summed E-state index contributed by atoms with van der Waals surface area (Å²) in [7, 11) is 0. The molecule has 1 aromatic rings. The van der Waals surface area contributed by atoms with Crippen molar-refractivity contribution in [1.29, 1.82) is 0 Å². The summed E-state index contributed by atoms with van der Waals surface area (Å²) in [6.07, 6.45) is 5.55. The second kappa shape index (κ2) is 4.35. The minimum atomic E-state index is -0.401. The number of nitro groups is 1. The molecule has 0 atom stereocenters. The number of rotatable bonds is 3. The summed E-state index contributed by atoms with van der Waals surface area (Å²) in [5.41, 5.74) is 0.400. The van der Waals surface area contributed by atoms with Crippen molar-refractivity contribution in [3.8, 4) is 5.75 Å². The predicted molar refractivity (Wildman–Crippen MR) is 64.0 cm³/mol. The number of hydrogen-bond donors (Lipinski definition) is 0. The van der Waals surface area contributed by atoms with E-state index in [1.807, 2.05) is 13.8 Å². The third kappa shape index (κ3) is 1.99. The van der Waals surface area contributed by atoms with Gasteiger partial charge in [-0.05, 0) is 19.3 Å². The molecule has 2 radical (unpaired) electrons. The second-order valence-electron chi connectivity index (χ2n) is 4.26. The van der Waals surface area contributed by atoms with E-state index in [1.54, 1.807) is 12.1 Å². The zero-order valence-corrected chi connectivity index (χ0v) is 10.0. The third-order valence-electron chi connectivity index (χ3n) is 3.40. The third-order valence-corrected chi connectivity index (χ3v) is 3.40. The molecule has 0 aromatic heterocycles. The Morgan fingerprint density at radius 1 is 1.47 bits per heavy atom. The fraction of sp³-hybridized carbons (Fsp3) is 0.462. The highest BCUT2D eigenvalue weighted by Gasteiger charge is 2.36. The highest BCUT2D eigenvalue weighted by Crippen LogP contribution is 2.43. The Labute approximate surface area is 101 Å². The van der Waals surface area contributed by atoms with Crippen molar-refractivity contribution >= 4 is 5.69 Å². The molecular weight excluding hydrogens is 218 g/mol. The van der Waals surface area contributed by atoms with Gasteiger partial charge in [-0.1, -0.05) is 26.0 Å². The van der Waals surface area contributed by atoms with Gasteiger partial charge in [-0.3, -0.25) is 10.1 Å². The van der Waals surface area contributed by atoms with Crippen molar-refractivity contribution in [2.75, 3.05) is 0 Å². The molecule has 1 aliphatic heterocycles. The zero-order valence-electron chi connectivity index (χ0n) is 10.0. The summed E-state index contributed by atoms with van der Waals surface area (Å²) < 4.78 is 5.91. The number of ether oxygens (including phenoxy) is 1. The number of fused-ring (bicyclic) bond motifs is 1. The smallest absolute Gasteiger partial charge is 0.311 e. The lowest BCUT2D eigenvalue weighted by atomic mass is 9.86. The van der Waals surface area contributed by atoms with Crippen LogP contribution in [0, 0.1) is 16.5 Å². The standard InChI is InChI=1S/C13H15NO3/c1-3-13(4-2)9-8-10-6-5-7-11(14(15)16)12(10)17-13/h5-7H,3-4,9H2,1-2H3. The topological polar surface area (TPSA) is 52.4 Å². The molecule has 17 heavy (non-hydrogen) atoms. The Balaban J connectivity index is 2.45. The average Bonchev–Trinajstić information content (AvgIpc) is 2.37. The Morgan fingerprint density at radius 3 is 2.76 bits per heavy atom. The molecule has 0 spiro atoms. The van der Waals surface area contributed by atoms with Gasteiger partial charge in [0.25, 0.3) is 0 Å². The van der Waals surface area contributed by atoms with E-state index in [0.717, 1.165) is 12.8 Å².